The number of carboxylic acid groups (broad SMARTS) is 1. The molecule has 2 amide bonds. The first kappa shape index (κ1) is 19.7. The zero-order chi connectivity index (χ0) is 16.6. The highest BCUT2D eigenvalue weighted by atomic mass is 16.4. The molecule has 0 bridgehead atoms. The lowest BCUT2D eigenvalue weighted by molar-refractivity contribution is -0.141. The SMILES string of the molecule is CC(CCCC(C)C(=O)O)NC(=O)NCC(C)(C)N(C)C. The number of hydrogen-bond acceptors (Lipinski definition) is 3. The van der Waals surface area contributed by atoms with E-state index in [1.165, 1.54) is 0 Å². The Labute approximate surface area is 128 Å². The molecule has 0 rings (SSSR count). The summed E-state index contributed by atoms with van der Waals surface area (Å²) in [5.41, 5.74) is -0.0997. The van der Waals surface area contributed by atoms with Gasteiger partial charge in [-0.3, -0.25) is 4.79 Å². The molecule has 0 aliphatic heterocycles. The number of amides is 2. The van der Waals surface area contributed by atoms with Crippen molar-refractivity contribution < 1.29 is 14.7 Å². The predicted molar refractivity (Wildman–Crippen MR) is 84.4 cm³/mol. The average molecular weight is 301 g/mol. The summed E-state index contributed by atoms with van der Waals surface area (Å²) in [6, 6.07) is -0.142. The fraction of sp³-hybridized carbons (Fsp3) is 0.867. The molecule has 0 aromatic carbocycles. The van der Waals surface area contributed by atoms with Gasteiger partial charge in [-0.15, -0.1) is 0 Å². The number of hydrogen-bond donors (Lipinski definition) is 3. The Balaban J connectivity index is 3.92. The minimum Gasteiger partial charge on any atom is -0.481 e. The van der Waals surface area contributed by atoms with Crippen LogP contribution in [0, 0.1) is 5.92 Å². The van der Waals surface area contributed by atoms with Crippen molar-refractivity contribution in [2.75, 3.05) is 20.6 Å². The van der Waals surface area contributed by atoms with Crippen LogP contribution < -0.4 is 10.6 Å². The van der Waals surface area contributed by atoms with Crippen LogP contribution in [0.4, 0.5) is 4.79 Å². The van der Waals surface area contributed by atoms with E-state index >= 15 is 0 Å². The second-order valence-electron chi connectivity index (χ2n) is 6.61. The molecule has 21 heavy (non-hydrogen) atoms. The first-order chi connectivity index (χ1) is 9.56. The summed E-state index contributed by atoms with van der Waals surface area (Å²) in [6.07, 6.45) is 2.21. The highest BCUT2D eigenvalue weighted by molar-refractivity contribution is 5.74. The van der Waals surface area contributed by atoms with Gasteiger partial charge in [0.15, 0.2) is 0 Å². The van der Waals surface area contributed by atoms with Gasteiger partial charge in [0.25, 0.3) is 0 Å². The molecule has 6 nitrogen and oxygen atoms in total. The van der Waals surface area contributed by atoms with Crippen molar-refractivity contribution >= 4 is 12.0 Å². The maximum Gasteiger partial charge on any atom is 0.315 e. The van der Waals surface area contributed by atoms with Gasteiger partial charge in [0.2, 0.25) is 0 Å². The van der Waals surface area contributed by atoms with Crippen LogP contribution in [0.5, 0.6) is 0 Å². The van der Waals surface area contributed by atoms with Crippen LogP contribution in [0.3, 0.4) is 0 Å². The summed E-state index contributed by atoms with van der Waals surface area (Å²) in [5, 5.41) is 14.5. The quantitative estimate of drug-likeness (QED) is 0.607. The Bertz CT molecular complexity index is 343. The second-order valence-corrected chi connectivity index (χ2v) is 6.61. The maximum absolute atomic E-state index is 11.8. The number of nitrogens with one attached hydrogen (secondary N) is 2. The Morgan fingerprint density at radius 1 is 1.19 bits per heavy atom. The number of carbonyl (C=O) groups is 2. The van der Waals surface area contributed by atoms with Crippen LogP contribution in [0.15, 0.2) is 0 Å². The number of carbonyl (C=O) groups excluding carboxylic acids is 1. The van der Waals surface area contributed by atoms with Crippen molar-refractivity contribution in [2.24, 2.45) is 5.92 Å². The van der Waals surface area contributed by atoms with Gasteiger partial charge in [-0.1, -0.05) is 13.3 Å². The first-order valence-electron chi connectivity index (χ1n) is 7.51. The van der Waals surface area contributed by atoms with Crippen molar-refractivity contribution in [3.05, 3.63) is 0 Å². The molecule has 0 aliphatic carbocycles. The van der Waals surface area contributed by atoms with Gasteiger partial charge < -0.3 is 20.6 Å². The van der Waals surface area contributed by atoms with Gasteiger partial charge in [-0.05, 0) is 47.7 Å². The van der Waals surface area contributed by atoms with E-state index in [9.17, 15) is 9.59 Å². The lowest BCUT2D eigenvalue weighted by Crippen LogP contribution is -2.51. The fourth-order valence-electron chi connectivity index (χ4n) is 1.66. The van der Waals surface area contributed by atoms with E-state index in [4.69, 9.17) is 5.11 Å². The average Bonchev–Trinajstić information content (AvgIpc) is 2.35. The molecule has 0 aromatic heterocycles. The van der Waals surface area contributed by atoms with Crippen molar-refractivity contribution in [1.82, 2.24) is 15.5 Å². The second kappa shape index (κ2) is 8.87. The number of rotatable bonds is 9. The largest absolute Gasteiger partial charge is 0.481 e. The lowest BCUT2D eigenvalue weighted by Gasteiger charge is -2.32. The summed E-state index contributed by atoms with van der Waals surface area (Å²) in [6.45, 7) is 8.32. The van der Waals surface area contributed by atoms with Gasteiger partial charge in [0.1, 0.15) is 0 Å². The summed E-state index contributed by atoms with van der Waals surface area (Å²) < 4.78 is 0. The minimum absolute atomic E-state index is 0.0356. The number of nitrogens with zero attached hydrogens (tertiary/aromatic N) is 1. The molecule has 124 valence electrons. The van der Waals surface area contributed by atoms with E-state index in [-0.39, 0.29) is 23.5 Å². The van der Waals surface area contributed by atoms with Gasteiger partial charge in [0, 0.05) is 18.1 Å². The van der Waals surface area contributed by atoms with E-state index in [2.05, 4.69) is 29.4 Å². The third-order valence-electron chi connectivity index (χ3n) is 3.97. The summed E-state index contributed by atoms with van der Waals surface area (Å²) in [4.78, 5) is 24.6. The van der Waals surface area contributed by atoms with Crippen LogP contribution in [0.1, 0.15) is 47.0 Å². The molecule has 0 aliphatic rings. The number of likely N-dealkylation sites (N-methyl/N-ethyl adjacent to an activating group) is 1. The van der Waals surface area contributed by atoms with Crippen LogP contribution in [0.25, 0.3) is 0 Å². The van der Waals surface area contributed by atoms with Crippen LogP contribution in [0.2, 0.25) is 0 Å². The van der Waals surface area contributed by atoms with E-state index in [1.807, 2.05) is 21.0 Å². The van der Waals surface area contributed by atoms with E-state index in [0.29, 0.717) is 13.0 Å². The molecule has 2 unspecified atom stereocenters. The lowest BCUT2D eigenvalue weighted by atomic mass is 10.0. The highest BCUT2D eigenvalue weighted by Crippen LogP contribution is 2.10. The summed E-state index contributed by atoms with van der Waals surface area (Å²) in [5.74, 6) is -1.09. The monoisotopic (exact) mass is 301 g/mol. The Morgan fingerprint density at radius 3 is 2.24 bits per heavy atom. The molecule has 2 atom stereocenters. The van der Waals surface area contributed by atoms with Crippen molar-refractivity contribution in [3.8, 4) is 0 Å². The molecular formula is C15H31N3O3. The maximum atomic E-state index is 11.8. The first-order valence-corrected chi connectivity index (χ1v) is 7.51. The Morgan fingerprint density at radius 2 is 1.76 bits per heavy atom. The third kappa shape index (κ3) is 8.55. The minimum atomic E-state index is -0.765. The normalized spacial score (nSPS) is 14.6. The molecule has 0 fully saturated rings. The van der Waals surface area contributed by atoms with Gasteiger partial charge in [0.05, 0.1) is 5.92 Å². The summed E-state index contributed by atoms with van der Waals surface area (Å²) >= 11 is 0. The van der Waals surface area contributed by atoms with Crippen LogP contribution >= 0.6 is 0 Å². The molecule has 0 saturated heterocycles. The smallest absolute Gasteiger partial charge is 0.315 e. The zero-order valence-electron chi connectivity index (χ0n) is 14.2. The molecule has 0 aromatic rings. The third-order valence-corrected chi connectivity index (χ3v) is 3.97. The van der Waals surface area contributed by atoms with E-state index in [1.54, 1.807) is 6.92 Å². The van der Waals surface area contributed by atoms with Crippen molar-refractivity contribution in [2.45, 2.75) is 58.5 Å². The molecule has 0 saturated carbocycles. The number of aliphatic carboxylic acids is 1. The molecule has 3 N–H and O–H groups in total. The van der Waals surface area contributed by atoms with Gasteiger partial charge >= 0.3 is 12.0 Å². The molecule has 0 heterocycles. The number of urea groups is 1. The van der Waals surface area contributed by atoms with E-state index < -0.39 is 5.97 Å². The predicted octanol–water partition coefficient (Wildman–Crippen LogP) is 1.91. The molecule has 0 spiro atoms. The highest BCUT2D eigenvalue weighted by Gasteiger charge is 2.21. The van der Waals surface area contributed by atoms with Crippen LogP contribution in [-0.2, 0) is 4.79 Å². The Hall–Kier alpha value is -1.30. The zero-order valence-corrected chi connectivity index (χ0v) is 14.2. The standard InChI is InChI=1S/C15H31N3O3/c1-11(13(19)20)8-7-9-12(2)17-14(21)16-10-15(3,4)18(5)6/h11-12H,7-10H2,1-6H3,(H,19,20)(H2,16,17,21). The molecule has 0 radical (unpaired) electrons. The van der Waals surface area contributed by atoms with Crippen LogP contribution in [-0.4, -0.2) is 54.2 Å². The summed E-state index contributed by atoms with van der Waals surface area (Å²) in [7, 11) is 3.96. The van der Waals surface area contributed by atoms with Gasteiger partial charge in [-0.25, -0.2) is 4.79 Å². The topological polar surface area (TPSA) is 81.7 Å². The fourth-order valence-corrected chi connectivity index (χ4v) is 1.66. The molecule has 6 heteroatoms. The Kier molecular flexibility index (Phi) is 8.32. The number of carboxylic acids is 1. The van der Waals surface area contributed by atoms with E-state index in [0.717, 1.165) is 12.8 Å². The van der Waals surface area contributed by atoms with Gasteiger partial charge in [-0.2, -0.15) is 0 Å². The van der Waals surface area contributed by atoms with Crippen molar-refractivity contribution in [1.29, 1.82) is 0 Å². The molecular weight excluding hydrogens is 270 g/mol. The van der Waals surface area contributed by atoms with Crippen molar-refractivity contribution in [3.63, 3.8) is 0 Å².